The molecule has 6 heteroatoms. The molecule has 1 atom stereocenters. The molecular weight excluding hydrogens is 392 g/mol. The van der Waals surface area contributed by atoms with Crippen LogP contribution < -0.4 is 4.74 Å². The number of unbranched alkanes of at least 4 members (excludes halogenated alkanes) is 1. The molecule has 0 aromatic heterocycles. The first kappa shape index (κ1) is 22.1. The van der Waals surface area contributed by atoms with Crippen LogP contribution in [0.4, 0.5) is 0 Å². The fourth-order valence-electron chi connectivity index (χ4n) is 5.69. The van der Waals surface area contributed by atoms with Crippen LogP contribution in [-0.4, -0.2) is 59.0 Å². The molecule has 1 saturated carbocycles. The lowest BCUT2D eigenvalue weighted by Crippen LogP contribution is -2.47. The van der Waals surface area contributed by atoms with Crippen molar-refractivity contribution in [3.63, 3.8) is 0 Å². The molecule has 1 aromatic rings. The van der Waals surface area contributed by atoms with E-state index in [4.69, 9.17) is 4.74 Å². The molecule has 1 unspecified atom stereocenters. The lowest BCUT2D eigenvalue weighted by Gasteiger charge is -2.37. The maximum absolute atomic E-state index is 12.6. The maximum Gasteiger partial charge on any atom is 0.229 e. The van der Waals surface area contributed by atoms with Gasteiger partial charge in [0.15, 0.2) is 11.5 Å². The Labute approximate surface area is 185 Å². The Kier molecular flexibility index (Phi) is 6.85. The lowest BCUT2D eigenvalue weighted by atomic mass is 9.76. The van der Waals surface area contributed by atoms with Crippen LogP contribution in [0.25, 0.3) is 0 Å². The summed E-state index contributed by atoms with van der Waals surface area (Å²) in [6, 6.07) is 5.55. The minimum absolute atomic E-state index is 0.0180. The number of hydrogen-bond acceptors (Lipinski definition) is 5. The first-order valence-electron chi connectivity index (χ1n) is 12.0. The number of benzene rings is 1. The van der Waals surface area contributed by atoms with Gasteiger partial charge in [-0.2, -0.15) is 0 Å². The summed E-state index contributed by atoms with van der Waals surface area (Å²) < 4.78 is 6.00. The summed E-state index contributed by atoms with van der Waals surface area (Å²) in [6.07, 6.45) is 9.25. The third-order valence-corrected chi connectivity index (χ3v) is 7.23. The molecule has 2 fully saturated rings. The van der Waals surface area contributed by atoms with Crippen LogP contribution in [0.15, 0.2) is 18.2 Å². The van der Waals surface area contributed by atoms with Gasteiger partial charge >= 0.3 is 0 Å². The average Bonchev–Trinajstić information content (AvgIpc) is 3.34. The Morgan fingerprint density at radius 2 is 1.87 bits per heavy atom. The largest absolute Gasteiger partial charge is 0.504 e. The number of likely N-dealkylation sites (tertiary alicyclic amines) is 1. The highest BCUT2D eigenvalue weighted by Gasteiger charge is 2.44. The second-order valence-corrected chi connectivity index (χ2v) is 9.72. The fourth-order valence-corrected chi connectivity index (χ4v) is 5.69. The van der Waals surface area contributed by atoms with E-state index in [9.17, 15) is 14.7 Å². The molecule has 2 amide bonds. The van der Waals surface area contributed by atoms with Gasteiger partial charge < -0.3 is 9.84 Å². The van der Waals surface area contributed by atoms with E-state index < -0.39 is 0 Å². The highest BCUT2D eigenvalue weighted by Crippen LogP contribution is 2.46. The van der Waals surface area contributed by atoms with Crippen LogP contribution in [0.1, 0.15) is 70.3 Å². The minimum Gasteiger partial charge on any atom is -0.504 e. The average molecular weight is 429 g/mol. The van der Waals surface area contributed by atoms with Crippen LogP contribution >= 0.6 is 0 Å². The molecule has 2 aliphatic heterocycles. The summed E-state index contributed by atoms with van der Waals surface area (Å²) in [7, 11) is 0. The highest BCUT2D eigenvalue weighted by atomic mass is 16.5. The predicted molar refractivity (Wildman–Crippen MR) is 119 cm³/mol. The fraction of sp³-hybridized carbons (Fsp3) is 0.680. The number of nitrogens with zero attached hydrogens (tertiary/aromatic N) is 2. The number of phenolic OH excluding ortho intramolecular Hbond substituents is 1. The maximum atomic E-state index is 12.6. The number of rotatable bonds is 9. The van der Waals surface area contributed by atoms with Crippen molar-refractivity contribution in [3.05, 3.63) is 23.8 Å². The molecular formula is C25H36N2O4. The first-order chi connectivity index (χ1) is 15.0. The molecule has 31 heavy (non-hydrogen) atoms. The van der Waals surface area contributed by atoms with Gasteiger partial charge in [-0.15, -0.1) is 0 Å². The number of imide groups is 1. The van der Waals surface area contributed by atoms with E-state index >= 15 is 0 Å². The van der Waals surface area contributed by atoms with Crippen LogP contribution in [0.2, 0.25) is 0 Å². The summed E-state index contributed by atoms with van der Waals surface area (Å²) in [6.45, 7) is 5.47. The molecule has 1 N–H and O–H groups in total. The Bertz CT molecular complexity index is 783. The van der Waals surface area contributed by atoms with Gasteiger partial charge in [0.25, 0.3) is 0 Å². The summed E-state index contributed by atoms with van der Waals surface area (Å²) in [5, 5.41) is 10.00. The van der Waals surface area contributed by atoms with E-state index in [1.54, 1.807) is 6.07 Å². The van der Waals surface area contributed by atoms with Gasteiger partial charge in [0.1, 0.15) is 6.10 Å². The van der Waals surface area contributed by atoms with E-state index in [0.29, 0.717) is 25.1 Å². The van der Waals surface area contributed by atoms with Crippen LogP contribution in [-0.2, 0) is 16.0 Å². The molecule has 1 saturated heterocycles. The zero-order chi connectivity index (χ0) is 21.8. The molecule has 2 heterocycles. The van der Waals surface area contributed by atoms with Crippen molar-refractivity contribution >= 4 is 11.8 Å². The molecule has 170 valence electrons. The van der Waals surface area contributed by atoms with Gasteiger partial charge in [-0.3, -0.25) is 19.4 Å². The molecule has 3 aliphatic rings. The predicted octanol–water partition coefficient (Wildman–Crippen LogP) is 3.90. The van der Waals surface area contributed by atoms with Crippen LogP contribution in [0.5, 0.6) is 11.5 Å². The number of phenols is 1. The van der Waals surface area contributed by atoms with Gasteiger partial charge in [0, 0.05) is 37.9 Å². The van der Waals surface area contributed by atoms with Crippen molar-refractivity contribution in [1.82, 2.24) is 9.80 Å². The Hall–Kier alpha value is -2.08. The van der Waals surface area contributed by atoms with Crippen molar-refractivity contribution in [2.45, 2.75) is 77.2 Å². The molecule has 0 radical (unpaired) electrons. The Morgan fingerprint density at radius 1 is 1.13 bits per heavy atom. The van der Waals surface area contributed by atoms with Gasteiger partial charge in [0.2, 0.25) is 11.8 Å². The van der Waals surface area contributed by atoms with Crippen molar-refractivity contribution in [1.29, 1.82) is 0 Å². The van der Waals surface area contributed by atoms with Gasteiger partial charge in [-0.25, -0.2) is 0 Å². The molecule has 1 aromatic carbocycles. The van der Waals surface area contributed by atoms with E-state index in [1.165, 1.54) is 4.90 Å². The summed E-state index contributed by atoms with van der Waals surface area (Å²) in [5.74, 6) is 0.935. The molecule has 4 rings (SSSR count). The van der Waals surface area contributed by atoms with Crippen molar-refractivity contribution < 1.29 is 19.4 Å². The third kappa shape index (κ3) is 5.05. The van der Waals surface area contributed by atoms with Crippen molar-refractivity contribution in [2.24, 2.45) is 5.41 Å². The summed E-state index contributed by atoms with van der Waals surface area (Å²) in [4.78, 5) is 29.2. The molecule has 1 aliphatic carbocycles. The minimum atomic E-state index is -0.0180. The van der Waals surface area contributed by atoms with E-state index in [-0.39, 0.29) is 29.1 Å². The summed E-state index contributed by atoms with van der Waals surface area (Å²) >= 11 is 0. The SMILES string of the molecule is CCCN(CCCCN1C(=O)CC2(CCCC2)CC1=O)CC1Cc2cccc(O)c2O1. The standard InChI is InChI=1S/C25H36N2O4/c1-2-12-26(18-20-15-19-8-7-9-21(28)24(19)31-20)13-5-6-14-27-22(29)16-25(17-23(27)30)10-3-4-11-25/h7-9,20,28H,2-6,10-18H2,1H3. The van der Waals surface area contributed by atoms with Gasteiger partial charge in [-0.1, -0.05) is 31.9 Å². The van der Waals surface area contributed by atoms with E-state index in [2.05, 4.69) is 11.8 Å². The number of amides is 2. The normalized spacial score (nSPS) is 22.4. The number of ether oxygens (including phenoxy) is 1. The van der Waals surface area contributed by atoms with Gasteiger partial charge in [0.05, 0.1) is 0 Å². The number of carbonyl (C=O) groups excluding carboxylic acids is 2. The molecule has 1 spiro atoms. The van der Waals surface area contributed by atoms with E-state index in [1.807, 2.05) is 12.1 Å². The quantitative estimate of drug-likeness (QED) is 0.477. The third-order valence-electron chi connectivity index (χ3n) is 7.23. The molecule has 0 bridgehead atoms. The number of carbonyl (C=O) groups is 2. The Morgan fingerprint density at radius 3 is 2.55 bits per heavy atom. The number of aromatic hydroxyl groups is 1. The highest BCUT2D eigenvalue weighted by molar-refractivity contribution is 5.98. The zero-order valence-corrected chi connectivity index (χ0v) is 18.8. The number of hydrogen-bond donors (Lipinski definition) is 1. The second kappa shape index (κ2) is 9.60. The topological polar surface area (TPSA) is 70.1 Å². The number of fused-ring (bicyclic) bond motifs is 1. The first-order valence-corrected chi connectivity index (χ1v) is 12.0. The molecule has 6 nitrogen and oxygen atoms in total. The van der Waals surface area contributed by atoms with Crippen LogP contribution in [0, 0.1) is 5.41 Å². The monoisotopic (exact) mass is 428 g/mol. The van der Waals surface area contributed by atoms with Crippen LogP contribution in [0.3, 0.4) is 0 Å². The smallest absolute Gasteiger partial charge is 0.229 e. The van der Waals surface area contributed by atoms with E-state index in [0.717, 1.165) is 76.6 Å². The second-order valence-electron chi connectivity index (χ2n) is 9.72. The summed E-state index contributed by atoms with van der Waals surface area (Å²) in [5.41, 5.74) is 1.05. The van der Waals surface area contributed by atoms with Crippen molar-refractivity contribution in [3.8, 4) is 11.5 Å². The lowest BCUT2D eigenvalue weighted by molar-refractivity contribution is -0.153. The van der Waals surface area contributed by atoms with Crippen molar-refractivity contribution in [2.75, 3.05) is 26.2 Å². The Balaban J connectivity index is 1.22. The number of piperidine rings is 1. The number of para-hydroxylation sites is 1. The zero-order valence-electron chi connectivity index (χ0n) is 18.8. The van der Waals surface area contributed by atoms with Gasteiger partial charge in [-0.05, 0) is 56.7 Å².